The number of nitrogens with one attached hydrogen (secondary N) is 1. The number of esters is 2. The molecule has 0 saturated carbocycles. The summed E-state index contributed by atoms with van der Waals surface area (Å²) >= 11 is 0.399. The van der Waals surface area contributed by atoms with E-state index in [0.29, 0.717) is 29.5 Å². The van der Waals surface area contributed by atoms with Crippen molar-refractivity contribution in [1.29, 1.82) is 0 Å². The number of carbonyl (C=O) groups is 4. The van der Waals surface area contributed by atoms with Gasteiger partial charge in [0.2, 0.25) is 5.91 Å². The van der Waals surface area contributed by atoms with Gasteiger partial charge in [-0.2, -0.15) is 13.2 Å². The average Bonchev–Trinajstić information content (AvgIpc) is 2.79. The molecular weight excluding hydrogens is 479 g/mol. The first-order valence-electron chi connectivity index (χ1n) is 9.63. The molecule has 12 heteroatoms. The van der Waals surface area contributed by atoms with E-state index >= 15 is 0 Å². The Morgan fingerprint density at radius 1 is 1.06 bits per heavy atom. The van der Waals surface area contributed by atoms with E-state index in [2.05, 4.69) is 10.1 Å². The Morgan fingerprint density at radius 2 is 1.74 bits per heavy atom. The van der Waals surface area contributed by atoms with Crippen molar-refractivity contribution in [2.24, 2.45) is 0 Å². The molecule has 0 fully saturated rings. The molecule has 2 aromatic carbocycles. The first kappa shape index (κ1) is 26.7. The lowest BCUT2D eigenvalue weighted by Gasteiger charge is -2.15. The van der Waals surface area contributed by atoms with E-state index < -0.39 is 52.2 Å². The highest BCUT2D eigenvalue weighted by Crippen LogP contribution is 2.34. The van der Waals surface area contributed by atoms with E-state index in [4.69, 9.17) is 9.47 Å². The molecule has 0 aliphatic carbocycles. The summed E-state index contributed by atoms with van der Waals surface area (Å²) in [6.07, 6.45) is -4.76. The fraction of sp³-hybridized carbons (Fsp3) is 0.273. The molecule has 1 amide bonds. The maximum atomic E-state index is 13.2. The van der Waals surface area contributed by atoms with Crippen molar-refractivity contribution < 1.29 is 46.6 Å². The molecule has 0 spiro atoms. The fourth-order valence-electron chi connectivity index (χ4n) is 2.58. The second-order valence-electron chi connectivity index (χ2n) is 6.71. The van der Waals surface area contributed by atoms with E-state index in [-0.39, 0.29) is 12.4 Å². The summed E-state index contributed by atoms with van der Waals surface area (Å²) in [5.41, 5.74) is -0.904. The van der Waals surface area contributed by atoms with Crippen LogP contribution < -0.4 is 10.1 Å². The number of thioether (sulfide) groups is 1. The van der Waals surface area contributed by atoms with Crippen LogP contribution in [-0.2, 0) is 31.8 Å². The number of rotatable bonds is 8. The lowest BCUT2D eigenvalue weighted by atomic mass is 10.1. The minimum atomic E-state index is -4.76. The second kappa shape index (κ2) is 12.1. The first-order chi connectivity index (χ1) is 16.0. The minimum Gasteiger partial charge on any atom is -0.467 e. The van der Waals surface area contributed by atoms with Crippen molar-refractivity contribution in [2.45, 2.75) is 25.7 Å². The van der Waals surface area contributed by atoms with E-state index in [1.165, 1.54) is 0 Å². The van der Waals surface area contributed by atoms with Crippen LogP contribution in [0, 0.1) is 0 Å². The minimum absolute atomic E-state index is 0.152. The van der Waals surface area contributed by atoms with Gasteiger partial charge in [-0.1, -0.05) is 30.3 Å². The zero-order valence-corrected chi connectivity index (χ0v) is 18.8. The number of alkyl halides is 3. The largest absolute Gasteiger partial charge is 0.467 e. The molecule has 8 nitrogen and oxygen atoms in total. The van der Waals surface area contributed by atoms with Crippen LogP contribution >= 0.6 is 11.8 Å². The third-order valence-corrected chi connectivity index (χ3v) is 4.98. The molecule has 2 aromatic rings. The number of methoxy groups -OCH3 is 1. The number of amides is 1. The normalized spacial score (nSPS) is 11.8. The third kappa shape index (κ3) is 8.10. The van der Waals surface area contributed by atoms with Gasteiger partial charge < -0.3 is 19.5 Å². The van der Waals surface area contributed by atoms with Crippen LogP contribution in [0.3, 0.4) is 0 Å². The third-order valence-electron chi connectivity index (χ3n) is 4.17. The predicted octanol–water partition coefficient (Wildman–Crippen LogP) is 3.97. The van der Waals surface area contributed by atoms with Crippen molar-refractivity contribution in [1.82, 2.24) is 5.32 Å². The topological polar surface area (TPSA) is 108 Å². The molecule has 0 unspecified atom stereocenters. The molecule has 1 N–H and O–H groups in total. The number of ether oxygens (including phenoxy) is 3. The molecule has 0 radical (unpaired) electrons. The summed E-state index contributed by atoms with van der Waals surface area (Å²) in [4.78, 5) is 47.7. The molecule has 0 bridgehead atoms. The summed E-state index contributed by atoms with van der Waals surface area (Å²) in [6.45, 7) is 0.995. The number of halogens is 3. The SMILES string of the molecule is COC(=O)[C@@H](CSC(=O)Oc1cc(C(F)(F)F)ccc1C(=O)OCc1ccccc1)NC(C)=O. The van der Waals surface area contributed by atoms with Gasteiger partial charge in [0.1, 0.15) is 24.0 Å². The summed E-state index contributed by atoms with van der Waals surface area (Å²) in [6, 6.07) is 9.37. The number of carbonyl (C=O) groups excluding carboxylic acids is 4. The monoisotopic (exact) mass is 499 g/mol. The van der Waals surface area contributed by atoms with Gasteiger partial charge in [0, 0.05) is 12.7 Å². The van der Waals surface area contributed by atoms with Gasteiger partial charge in [-0.25, -0.2) is 14.4 Å². The molecule has 34 heavy (non-hydrogen) atoms. The lowest BCUT2D eigenvalue weighted by molar-refractivity contribution is -0.144. The van der Waals surface area contributed by atoms with E-state index in [9.17, 15) is 32.3 Å². The van der Waals surface area contributed by atoms with Crippen LogP contribution in [0.5, 0.6) is 5.75 Å². The number of benzene rings is 2. The smallest absolute Gasteiger partial charge is 0.416 e. The Morgan fingerprint density at radius 3 is 2.32 bits per heavy atom. The van der Waals surface area contributed by atoms with Crippen LogP contribution in [0.2, 0.25) is 0 Å². The number of hydrogen-bond acceptors (Lipinski definition) is 8. The van der Waals surface area contributed by atoms with Crippen molar-refractivity contribution in [3.63, 3.8) is 0 Å². The maximum Gasteiger partial charge on any atom is 0.416 e. The maximum absolute atomic E-state index is 13.2. The van der Waals surface area contributed by atoms with Crippen LogP contribution in [0.15, 0.2) is 48.5 Å². The summed E-state index contributed by atoms with van der Waals surface area (Å²) < 4.78 is 54.1. The molecule has 0 aromatic heterocycles. The summed E-state index contributed by atoms with van der Waals surface area (Å²) in [5, 5.41) is 1.16. The zero-order valence-electron chi connectivity index (χ0n) is 18.0. The molecule has 2 rings (SSSR count). The standard InChI is InChI=1S/C22H20F3NO7S/c1-13(27)26-17(20(29)31-2)12-34-21(30)33-18-10-15(22(23,24)25)8-9-16(18)19(28)32-11-14-6-4-3-5-7-14/h3-10,17H,11-12H2,1-2H3,(H,26,27)/t17-/m1/s1. The quantitative estimate of drug-likeness (QED) is 0.544. The predicted molar refractivity (Wildman–Crippen MR) is 115 cm³/mol. The molecule has 0 aliphatic rings. The summed E-state index contributed by atoms with van der Waals surface area (Å²) in [7, 11) is 1.08. The highest BCUT2D eigenvalue weighted by molar-refractivity contribution is 8.13. The Labute approximate surface area is 196 Å². The van der Waals surface area contributed by atoms with Gasteiger partial charge >= 0.3 is 23.4 Å². The highest BCUT2D eigenvalue weighted by atomic mass is 32.2. The molecule has 182 valence electrons. The van der Waals surface area contributed by atoms with Crippen LogP contribution in [-0.4, -0.2) is 42.1 Å². The Kier molecular flexibility index (Phi) is 9.48. The van der Waals surface area contributed by atoms with Crippen molar-refractivity contribution in [3.8, 4) is 5.75 Å². The fourth-order valence-corrected chi connectivity index (χ4v) is 3.25. The van der Waals surface area contributed by atoms with Crippen LogP contribution in [0.1, 0.15) is 28.4 Å². The lowest BCUT2D eigenvalue weighted by Crippen LogP contribution is -2.42. The number of hydrogen-bond donors (Lipinski definition) is 1. The molecule has 0 aliphatic heterocycles. The first-order valence-corrected chi connectivity index (χ1v) is 10.6. The van der Waals surface area contributed by atoms with Gasteiger partial charge in [0.15, 0.2) is 0 Å². The van der Waals surface area contributed by atoms with Crippen molar-refractivity contribution >= 4 is 34.9 Å². The average molecular weight is 499 g/mol. The van der Waals surface area contributed by atoms with Gasteiger partial charge in [-0.15, -0.1) is 0 Å². The second-order valence-corrected chi connectivity index (χ2v) is 7.67. The van der Waals surface area contributed by atoms with Crippen LogP contribution in [0.4, 0.5) is 18.0 Å². The van der Waals surface area contributed by atoms with Crippen molar-refractivity contribution in [3.05, 3.63) is 65.2 Å². The van der Waals surface area contributed by atoms with Gasteiger partial charge in [0.25, 0.3) is 0 Å². The molecule has 1 atom stereocenters. The van der Waals surface area contributed by atoms with E-state index in [1.807, 2.05) is 0 Å². The molecule has 0 heterocycles. The zero-order chi connectivity index (χ0) is 25.3. The van der Waals surface area contributed by atoms with E-state index in [0.717, 1.165) is 20.1 Å². The van der Waals surface area contributed by atoms with Crippen LogP contribution in [0.25, 0.3) is 0 Å². The Bertz CT molecular complexity index is 1040. The molecular formula is C22H20F3NO7S. The molecule has 0 saturated heterocycles. The Hall–Kier alpha value is -3.54. The van der Waals surface area contributed by atoms with Gasteiger partial charge in [-0.3, -0.25) is 4.79 Å². The Balaban J connectivity index is 2.18. The van der Waals surface area contributed by atoms with E-state index in [1.54, 1.807) is 30.3 Å². The van der Waals surface area contributed by atoms with Gasteiger partial charge in [0.05, 0.1) is 12.7 Å². The summed E-state index contributed by atoms with van der Waals surface area (Å²) in [5.74, 6) is -3.39. The highest BCUT2D eigenvalue weighted by Gasteiger charge is 2.33. The van der Waals surface area contributed by atoms with Gasteiger partial charge in [-0.05, 0) is 35.5 Å². The van der Waals surface area contributed by atoms with Crippen molar-refractivity contribution in [2.75, 3.05) is 12.9 Å².